The number of hydrogen-bond acceptors (Lipinski definition) is 7. The highest BCUT2D eigenvalue weighted by Gasteiger charge is 2.28. The minimum absolute atomic E-state index is 0.0808. The Kier molecular flexibility index (Phi) is 9.18. The summed E-state index contributed by atoms with van der Waals surface area (Å²) in [7, 11) is 1.48. The zero-order valence-electron chi connectivity index (χ0n) is 13.7. The van der Waals surface area contributed by atoms with Crippen molar-refractivity contribution in [3.63, 3.8) is 0 Å². The van der Waals surface area contributed by atoms with Crippen LogP contribution in [0.1, 0.15) is 19.4 Å². The Morgan fingerprint density at radius 3 is 2.46 bits per heavy atom. The lowest BCUT2D eigenvalue weighted by Crippen LogP contribution is -2.17. The van der Waals surface area contributed by atoms with Gasteiger partial charge in [0.15, 0.2) is 0 Å². The summed E-state index contributed by atoms with van der Waals surface area (Å²) in [5.41, 5.74) is 0.650. The maximum Gasteiger partial charge on any atom is 0.393 e. The molecule has 0 aliphatic carbocycles. The maximum absolute atomic E-state index is 12.7. The Balaban J connectivity index is 3.01. The molecule has 24 heavy (non-hydrogen) atoms. The minimum atomic E-state index is -3.39. The summed E-state index contributed by atoms with van der Waals surface area (Å²) in [4.78, 5) is 11.1. The van der Waals surface area contributed by atoms with Crippen LogP contribution in [0.15, 0.2) is 23.1 Å². The summed E-state index contributed by atoms with van der Waals surface area (Å²) >= 11 is -0.612. The molecule has 1 aromatic carbocycles. The molecule has 7 nitrogen and oxygen atoms in total. The second kappa shape index (κ2) is 10.3. The van der Waals surface area contributed by atoms with Gasteiger partial charge in [0, 0.05) is 5.56 Å². The lowest BCUT2D eigenvalue weighted by atomic mass is 10.2. The summed E-state index contributed by atoms with van der Waals surface area (Å²) in [6, 6.07) is 5.00. The van der Waals surface area contributed by atoms with Gasteiger partial charge in [0.2, 0.25) is 5.75 Å². The molecule has 1 unspecified atom stereocenters. The Bertz CT molecular complexity index is 586. The Hall–Kier alpha value is -0.700. The molecule has 0 aliphatic heterocycles. The number of benzene rings is 1. The molecule has 1 rings (SSSR count). The van der Waals surface area contributed by atoms with Crippen molar-refractivity contribution in [1.82, 2.24) is 0 Å². The summed E-state index contributed by atoms with van der Waals surface area (Å²) < 4.78 is 40.2. The lowest BCUT2D eigenvalue weighted by Gasteiger charge is -2.18. The molecule has 0 spiro atoms. The van der Waals surface area contributed by atoms with E-state index in [1.165, 1.54) is 7.11 Å². The number of carboxylic acids is 1. The van der Waals surface area contributed by atoms with Crippen molar-refractivity contribution in [1.29, 1.82) is 0 Å². The summed E-state index contributed by atoms with van der Waals surface area (Å²) in [6.07, 6.45) is 0. The Labute approximate surface area is 148 Å². The molecule has 0 saturated heterocycles. The fourth-order valence-electron chi connectivity index (χ4n) is 1.78. The molecule has 1 atom stereocenters. The van der Waals surface area contributed by atoms with Crippen LogP contribution in [0, 0.1) is 0 Å². The van der Waals surface area contributed by atoms with Gasteiger partial charge in [0.1, 0.15) is 11.5 Å². The van der Waals surface area contributed by atoms with Gasteiger partial charge in [-0.05, 0) is 48.5 Å². The van der Waals surface area contributed by atoms with Crippen LogP contribution >= 0.6 is 18.2 Å². The number of rotatable bonds is 11. The molecule has 0 radical (unpaired) electrons. The van der Waals surface area contributed by atoms with Crippen LogP contribution in [0.3, 0.4) is 0 Å². The van der Waals surface area contributed by atoms with E-state index >= 15 is 0 Å². The number of carbonyl (C=O) groups is 1. The molecule has 0 heterocycles. The number of carboxylic acid groups (broad SMARTS) is 1. The van der Waals surface area contributed by atoms with Gasteiger partial charge in [-0.15, -0.1) is 0 Å². The van der Waals surface area contributed by atoms with Crippen molar-refractivity contribution in [2.75, 3.05) is 26.1 Å². The van der Waals surface area contributed by atoms with Crippen LogP contribution in [0.2, 0.25) is 0 Å². The zero-order chi connectivity index (χ0) is 18.2. The largest absolute Gasteiger partial charge is 0.616 e. The van der Waals surface area contributed by atoms with Crippen LogP contribution in [0.5, 0.6) is 5.75 Å². The topological polar surface area (TPSA) is 105 Å². The molecule has 0 fully saturated rings. The van der Waals surface area contributed by atoms with Gasteiger partial charge < -0.3 is 23.4 Å². The third-order valence-corrected chi connectivity index (χ3v) is 7.63. The van der Waals surface area contributed by atoms with E-state index in [1.54, 1.807) is 32.0 Å². The minimum Gasteiger partial charge on any atom is -0.616 e. The molecule has 136 valence electrons. The van der Waals surface area contributed by atoms with Crippen LogP contribution in [-0.2, 0) is 35.3 Å². The van der Waals surface area contributed by atoms with Gasteiger partial charge >= 0.3 is 12.8 Å². The lowest BCUT2D eigenvalue weighted by molar-refractivity contribution is -0.134. The average Bonchev–Trinajstić information content (AvgIpc) is 2.46. The SMILES string of the molecule is CCOP(=O)(OCC)Sc1cc(C[S+]([O-])CC(=O)O)ccc1OC. The number of aliphatic carboxylic acids is 1. The van der Waals surface area contributed by atoms with E-state index in [1.807, 2.05) is 0 Å². The Morgan fingerprint density at radius 2 is 1.96 bits per heavy atom. The van der Waals surface area contributed by atoms with E-state index in [9.17, 15) is 13.9 Å². The van der Waals surface area contributed by atoms with Crippen molar-refractivity contribution in [2.24, 2.45) is 0 Å². The first-order valence-corrected chi connectivity index (χ1v) is 11.6. The van der Waals surface area contributed by atoms with E-state index in [4.69, 9.17) is 18.9 Å². The number of hydrogen-bond donors (Lipinski definition) is 1. The summed E-state index contributed by atoms with van der Waals surface area (Å²) in [5.74, 6) is -0.983. The van der Waals surface area contributed by atoms with Crippen LogP contribution in [0.25, 0.3) is 0 Å². The van der Waals surface area contributed by atoms with E-state index in [0.29, 0.717) is 16.2 Å². The summed E-state index contributed by atoms with van der Waals surface area (Å²) in [5, 5.41) is 8.68. The van der Waals surface area contributed by atoms with Crippen molar-refractivity contribution < 1.29 is 32.8 Å². The third kappa shape index (κ3) is 7.04. The normalized spacial score (nSPS) is 12.8. The highest BCUT2D eigenvalue weighted by atomic mass is 32.7. The van der Waals surface area contributed by atoms with E-state index in [0.717, 1.165) is 11.4 Å². The van der Waals surface area contributed by atoms with Gasteiger partial charge in [-0.25, -0.2) is 9.36 Å². The van der Waals surface area contributed by atoms with E-state index < -0.39 is 29.7 Å². The van der Waals surface area contributed by atoms with Crippen LogP contribution in [-0.4, -0.2) is 41.7 Å². The van der Waals surface area contributed by atoms with E-state index in [-0.39, 0.29) is 19.0 Å². The molecule has 0 amide bonds. The fourth-order valence-corrected chi connectivity index (χ4v) is 6.31. The van der Waals surface area contributed by atoms with Crippen molar-refractivity contribution in [3.05, 3.63) is 23.8 Å². The first-order chi connectivity index (χ1) is 11.3. The quantitative estimate of drug-likeness (QED) is 0.449. The third-order valence-electron chi connectivity index (χ3n) is 2.62. The zero-order valence-corrected chi connectivity index (χ0v) is 16.2. The second-order valence-electron chi connectivity index (χ2n) is 4.48. The number of methoxy groups -OCH3 is 1. The first kappa shape index (κ1) is 21.3. The van der Waals surface area contributed by atoms with Crippen molar-refractivity contribution in [3.8, 4) is 5.75 Å². The maximum atomic E-state index is 12.7. The standard InChI is InChI=1S/C14H21O7PS2/c1-4-20-22(17,21-5-2)23-13-8-11(6-7-12(13)19-3)9-24(18)10-14(15)16/h6-8H,4-5,9-10H2,1-3H3,(H,15,16). The molecule has 1 aromatic rings. The predicted molar refractivity (Wildman–Crippen MR) is 94.1 cm³/mol. The van der Waals surface area contributed by atoms with Gasteiger partial charge in [-0.1, -0.05) is 6.07 Å². The Morgan fingerprint density at radius 1 is 1.33 bits per heavy atom. The van der Waals surface area contributed by atoms with E-state index in [2.05, 4.69) is 0 Å². The fraction of sp³-hybridized carbons (Fsp3) is 0.500. The van der Waals surface area contributed by atoms with Crippen LogP contribution < -0.4 is 4.74 Å². The molecular formula is C14H21O7PS2. The average molecular weight is 396 g/mol. The summed E-state index contributed by atoms with van der Waals surface area (Å²) in [6.45, 7) is 0.505. The molecule has 0 aromatic heterocycles. The predicted octanol–water partition coefficient (Wildman–Crippen LogP) is 3.30. The monoisotopic (exact) mass is 396 g/mol. The van der Waals surface area contributed by atoms with Gasteiger partial charge in [0.05, 0.1) is 25.2 Å². The second-order valence-corrected chi connectivity index (χ2v) is 9.86. The highest BCUT2D eigenvalue weighted by Crippen LogP contribution is 2.64. The number of ether oxygens (including phenoxy) is 1. The van der Waals surface area contributed by atoms with Gasteiger partial charge in [0.25, 0.3) is 0 Å². The smallest absolute Gasteiger partial charge is 0.393 e. The highest BCUT2D eigenvalue weighted by molar-refractivity contribution is 8.55. The molecule has 1 N–H and O–H groups in total. The molecule has 0 saturated carbocycles. The molecule has 0 aliphatic rings. The van der Waals surface area contributed by atoms with Gasteiger partial charge in [-0.3, -0.25) is 0 Å². The first-order valence-electron chi connectivity index (χ1n) is 7.16. The molecular weight excluding hydrogens is 375 g/mol. The van der Waals surface area contributed by atoms with Crippen molar-refractivity contribution in [2.45, 2.75) is 24.5 Å². The molecule has 0 bridgehead atoms. The molecule has 10 heteroatoms. The van der Waals surface area contributed by atoms with Crippen LogP contribution in [0.4, 0.5) is 0 Å². The van der Waals surface area contributed by atoms with Gasteiger partial charge in [-0.2, -0.15) is 0 Å². The van der Waals surface area contributed by atoms with Crippen molar-refractivity contribution >= 4 is 35.3 Å².